The Labute approximate surface area is 213 Å². The quantitative estimate of drug-likeness (QED) is 0.206. The fourth-order valence-corrected chi connectivity index (χ4v) is 3.70. The molecule has 0 radical (unpaired) electrons. The molecule has 0 atom stereocenters. The van der Waals surface area contributed by atoms with Gasteiger partial charge in [0, 0.05) is 5.56 Å². The maximum atomic E-state index is 13.1. The third-order valence-electron chi connectivity index (χ3n) is 5.71. The molecule has 37 heavy (non-hydrogen) atoms. The molecule has 0 fully saturated rings. The number of aliphatic hydroxyl groups is 1. The largest absolute Gasteiger partial charge is 0.497 e. The van der Waals surface area contributed by atoms with Crippen molar-refractivity contribution in [3.05, 3.63) is 131 Å². The van der Waals surface area contributed by atoms with Gasteiger partial charge < -0.3 is 19.3 Å². The van der Waals surface area contributed by atoms with Crippen molar-refractivity contribution in [1.82, 2.24) is 0 Å². The van der Waals surface area contributed by atoms with Crippen molar-refractivity contribution in [1.29, 1.82) is 0 Å². The van der Waals surface area contributed by atoms with E-state index in [-0.39, 0.29) is 11.3 Å². The second-order valence-corrected chi connectivity index (χ2v) is 8.09. The van der Waals surface area contributed by atoms with Crippen LogP contribution in [0.1, 0.15) is 31.8 Å². The standard InChI is InChI=1S/C30H24O7/c1-35-26-14-8-9-22(19-26)28(32)37-25-17-15-21(16-18-25)27(31)20-36-29(33)30(34,23-10-4-2-5-11-23)24-12-6-3-7-13-24/h2-19,34H,20H2,1H3. The van der Waals surface area contributed by atoms with Crippen molar-refractivity contribution >= 4 is 17.7 Å². The van der Waals surface area contributed by atoms with E-state index in [4.69, 9.17) is 14.2 Å². The van der Waals surface area contributed by atoms with E-state index in [2.05, 4.69) is 0 Å². The Hall–Kier alpha value is -4.75. The van der Waals surface area contributed by atoms with E-state index in [1.807, 2.05) is 0 Å². The molecule has 4 rings (SSSR count). The van der Waals surface area contributed by atoms with Crippen molar-refractivity contribution < 1.29 is 33.7 Å². The molecule has 4 aromatic carbocycles. The van der Waals surface area contributed by atoms with Crippen LogP contribution in [0.5, 0.6) is 11.5 Å². The Balaban J connectivity index is 1.42. The second-order valence-electron chi connectivity index (χ2n) is 8.09. The first-order chi connectivity index (χ1) is 17.9. The highest BCUT2D eigenvalue weighted by molar-refractivity contribution is 5.99. The van der Waals surface area contributed by atoms with Crippen LogP contribution in [0.25, 0.3) is 0 Å². The smallest absolute Gasteiger partial charge is 0.348 e. The van der Waals surface area contributed by atoms with Gasteiger partial charge in [0.1, 0.15) is 11.5 Å². The number of carbonyl (C=O) groups is 3. The predicted molar refractivity (Wildman–Crippen MR) is 136 cm³/mol. The number of benzene rings is 4. The van der Waals surface area contributed by atoms with Crippen molar-refractivity contribution in [3.63, 3.8) is 0 Å². The molecule has 0 heterocycles. The van der Waals surface area contributed by atoms with E-state index in [1.54, 1.807) is 84.9 Å². The number of carbonyl (C=O) groups excluding carboxylic acids is 3. The molecule has 0 saturated carbocycles. The fraction of sp³-hybridized carbons (Fsp3) is 0.100. The lowest BCUT2D eigenvalue weighted by Gasteiger charge is -2.26. The van der Waals surface area contributed by atoms with E-state index in [0.29, 0.717) is 22.4 Å². The molecule has 7 nitrogen and oxygen atoms in total. The molecule has 0 aromatic heterocycles. The highest BCUT2D eigenvalue weighted by atomic mass is 16.6. The van der Waals surface area contributed by atoms with Crippen LogP contribution in [0.3, 0.4) is 0 Å². The van der Waals surface area contributed by atoms with Crippen molar-refractivity contribution in [3.8, 4) is 11.5 Å². The molecule has 1 N–H and O–H groups in total. The molecule has 0 amide bonds. The average molecular weight is 497 g/mol. The molecule has 0 unspecified atom stereocenters. The minimum atomic E-state index is -2.08. The molecular weight excluding hydrogens is 472 g/mol. The summed E-state index contributed by atoms with van der Waals surface area (Å²) >= 11 is 0. The Kier molecular flexibility index (Phi) is 7.76. The van der Waals surface area contributed by atoms with Crippen LogP contribution in [0, 0.1) is 0 Å². The summed E-state index contributed by atoms with van der Waals surface area (Å²) in [5, 5.41) is 11.4. The van der Waals surface area contributed by atoms with Gasteiger partial charge in [-0.1, -0.05) is 66.7 Å². The first-order valence-corrected chi connectivity index (χ1v) is 11.4. The van der Waals surface area contributed by atoms with E-state index >= 15 is 0 Å². The number of ketones is 1. The average Bonchev–Trinajstić information content (AvgIpc) is 2.96. The maximum Gasteiger partial charge on any atom is 0.348 e. The first kappa shape index (κ1) is 25.3. The molecule has 0 spiro atoms. The number of Topliss-reactive ketones (excluding diaryl/α,β-unsaturated/α-hetero) is 1. The fourth-order valence-electron chi connectivity index (χ4n) is 3.70. The number of hydrogen-bond donors (Lipinski definition) is 1. The van der Waals surface area contributed by atoms with Gasteiger partial charge in [0.2, 0.25) is 5.60 Å². The van der Waals surface area contributed by atoms with Crippen LogP contribution in [-0.2, 0) is 15.1 Å². The number of hydrogen-bond acceptors (Lipinski definition) is 7. The molecule has 0 bridgehead atoms. The van der Waals surface area contributed by atoms with Crippen LogP contribution in [0.15, 0.2) is 109 Å². The SMILES string of the molecule is COc1cccc(C(=O)Oc2ccc(C(=O)COC(=O)C(O)(c3ccccc3)c3ccccc3)cc2)c1. The van der Waals surface area contributed by atoms with E-state index in [1.165, 1.54) is 31.4 Å². The summed E-state index contributed by atoms with van der Waals surface area (Å²) in [7, 11) is 1.50. The van der Waals surface area contributed by atoms with Crippen LogP contribution >= 0.6 is 0 Å². The Bertz CT molecular complexity index is 1340. The third kappa shape index (κ3) is 5.74. The summed E-state index contributed by atoms with van der Waals surface area (Å²) < 4.78 is 15.7. The predicted octanol–water partition coefficient (Wildman–Crippen LogP) is 4.58. The van der Waals surface area contributed by atoms with Gasteiger partial charge in [-0.15, -0.1) is 0 Å². The summed E-state index contributed by atoms with van der Waals surface area (Å²) in [6.45, 7) is -0.580. The molecule has 186 valence electrons. The minimum Gasteiger partial charge on any atom is -0.497 e. The maximum absolute atomic E-state index is 13.1. The highest BCUT2D eigenvalue weighted by Gasteiger charge is 2.41. The normalized spacial score (nSPS) is 10.9. The Morgan fingerprint density at radius 1 is 0.703 bits per heavy atom. The van der Waals surface area contributed by atoms with Gasteiger partial charge in [-0.2, -0.15) is 0 Å². The lowest BCUT2D eigenvalue weighted by atomic mass is 9.86. The highest BCUT2D eigenvalue weighted by Crippen LogP contribution is 2.31. The molecular formula is C30H24O7. The van der Waals surface area contributed by atoms with E-state index < -0.39 is 29.9 Å². The summed E-state index contributed by atoms with van der Waals surface area (Å²) in [5.74, 6) is -1.27. The van der Waals surface area contributed by atoms with Gasteiger partial charge in [-0.05, 0) is 53.6 Å². The molecule has 0 aliphatic carbocycles. The summed E-state index contributed by atoms with van der Waals surface area (Å²) in [4.78, 5) is 38.1. The van der Waals surface area contributed by atoms with Crippen LogP contribution < -0.4 is 9.47 Å². The van der Waals surface area contributed by atoms with Crippen molar-refractivity contribution in [2.45, 2.75) is 5.60 Å². The monoisotopic (exact) mass is 496 g/mol. The van der Waals surface area contributed by atoms with Gasteiger partial charge in [-0.3, -0.25) is 4.79 Å². The van der Waals surface area contributed by atoms with Crippen LogP contribution in [0.2, 0.25) is 0 Å². The number of rotatable bonds is 9. The van der Waals surface area contributed by atoms with Gasteiger partial charge in [0.05, 0.1) is 12.7 Å². The topological polar surface area (TPSA) is 99.1 Å². The van der Waals surface area contributed by atoms with Gasteiger partial charge in [-0.25, -0.2) is 9.59 Å². The molecule has 7 heteroatoms. The molecule has 0 aliphatic heterocycles. The third-order valence-corrected chi connectivity index (χ3v) is 5.71. The summed E-state index contributed by atoms with van der Waals surface area (Å²) in [6, 6.07) is 29.2. The van der Waals surface area contributed by atoms with E-state index in [0.717, 1.165) is 0 Å². The molecule has 4 aromatic rings. The van der Waals surface area contributed by atoms with Gasteiger partial charge in [0.25, 0.3) is 0 Å². The van der Waals surface area contributed by atoms with Gasteiger partial charge in [0.15, 0.2) is 12.4 Å². The summed E-state index contributed by atoms with van der Waals surface area (Å²) in [6.07, 6.45) is 0. The Morgan fingerprint density at radius 3 is 1.86 bits per heavy atom. The van der Waals surface area contributed by atoms with Crippen LogP contribution in [-0.4, -0.2) is 36.5 Å². The van der Waals surface area contributed by atoms with Crippen molar-refractivity contribution in [2.24, 2.45) is 0 Å². The number of esters is 2. The van der Waals surface area contributed by atoms with Gasteiger partial charge >= 0.3 is 11.9 Å². The summed E-state index contributed by atoms with van der Waals surface area (Å²) in [5.41, 5.74) is -0.879. The number of methoxy groups -OCH3 is 1. The zero-order valence-electron chi connectivity index (χ0n) is 20.0. The zero-order chi connectivity index (χ0) is 26.3. The molecule has 0 saturated heterocycles. The first-order valence-electron chi connectivity index (χ1n) is 11.4. The second kappa shape index (κ2) is 11.3. The Morgan fingerprint density at radius 2 is 1.30 bits per heavy atom. The molecule has 0 aliphatic rings. The lowest BCUT2D eigenvalue weighted by molar-refractivity contribution is -0.160. The lowest BCUT2D eigenvalue weighted by Crippen LogP contribution is -2.39. The number of ether oxygens (including phenoxy) is 3. The minimum absolute atomic E-state index is 0.240. The van der Waals surface area contributed by atoms with Crippen molar-refractivity contribution in [2.75, 3.05) is 13.7 Å². The van der Waals surface area contributed by atoms with Crippen LogP contribution in [0.4, 0.5) is 0 Å². The zero-order valence-corrected chi connectivity index (χ0v) is 20.0. The van der Waals surface area contributed by atoms with E-state index in [9.17, 15) is 19.5 Å².